The average molecular weight is 378 g/mol. The first-order valence-electron chi connectivity index (χ1n) is 10.1. The van der Waals surface area contributed by atoms with Crippen molar-refractivity contribution in [2.45, 2.75) is 64.6 Å². The van der Waals surface area contributed by atoms with Crippen molar-refractivity contribution in [2.75, 3.05) is 4.90 Å². The molecule has 1 saturated carbocycles. The lowest BCUT2D eigenvalue weighted by Crippen LogP contribution is -2.52. The summed E-state index contributed by atoms with van der Waals surface area (Å²) in [4.78, 5) is 38.7. The molecule has 0 spiro atoms. The Morgan fingerprint density at radius 3 is 2.64 bits per heavy atom. The van der Waals surface area contributed by atoms with Crippen LogP contribution in [0.1, 0.15) is 60.8 Å². The van der Waals surface area contributed by atoms with E-state index in [4.69, 9.17) is 0 Å². The van der Waals surface area contributed by atoms with Crippen LogP contribution in [0.2, 0.25) is 0 Å². The van der Waals surface area contributed by atoms with Crippen LogP contribution in [0.25, 0.3) is 0 Å². The Kier molecular flexibility index (Phi) is 5.11. The topological polar surface area (TPSA) is 66.4 Å². The van der Waals surface area contributed by atoms with Gasteiger partial charge in [0.1, 0.15) is 17.7 Å². The highest BCUT2D eigenvalue weighted by atomic mass is 16.2. The predicted octanol–water partition coefficient (Wildman–Crippen LogP) is 3.50. The summed E-state index contributed by atoms with van der Waals surface area (Å²) in [6.45, 7) is 4.14. The molecule has 2 aromatic rings. The lowest BCUT2D eigenvalue weighted by Gasteiger charge is -2.37. The van der Waals surface area contributed by atoms with E-state index < -0.39 is 6.04 Å². The number of rotatable bonds is 4. The maximum atomic E-state index is 13.6. The third-order valence-corrected chi connectivity index (χ3v) is 5.86. The molecule has 6 nitrogen and oxygen atoms in total. The number of nitrogens with zero attached hydrogens (tertiary/aromatic N) is 4. The zero-order chi connectivity index (χ0) is 19.7. The van der Waals surface area contributed by atoms with Crippen LogP contribution in [0.3, 0.4) is 0 Å². The van der Waals surface area contributed by atoms with Crippen molar-refractivity contribution in [2.24, 2.45) is 0 Å². The van der Waals surface area contributed by atoms with Crippen molar-refractivity contribution in [1.82, 2.24) is 14.9 Å². The highest BCUT2D eigenvalue weighted by Gasteiger charge is 2.38. The van der Waals surface area contributed by atoms with Gasteiger partial charge in [0.05, 0.1) is 0 Å². The van der Waals surface area contributed by atoms with E-state index in [1.54, 1.807) is 17.2 Å². The number of amides is 2. The molecule has 4 rings (SSSR count). The molecule has 2 amide bonds. The van der Waals surface area contributed by atoms with Crippen LogP contribution >= 0.6 is 0 Å². The van der Waals surface area contributed by atoms with Gasteiger partial charge in [-0.2, -0.15) is 0 Å². The summed E-state index contributed by atoms with van der Waals surface area (Å²) in [6.07, 6.45) is 7.06. The minimum absolute atomic E-state index is 0.0637. The van der Waals surface area contributed by atoms with Crippen LogP contribution in [-0.4, -0.2) is 38.8 Å². The largest absolute Gasteiger partial charge is 0.323 e. The van der Waals surface area contributed by atoms with Gasteiger partial charge in [-0.1, -0.05) is 37.5 Å². The minimum Gasteiger partial charge on any atom is -0.323 e. The van der Waals surface area contributed by atoms with Crippen molar-refractivity contribution < 1.29 is 9.59 Å². The fraction of sp³-hybridized carbons (Fsp3) is 0.455. The number of aryl methyl sites for hydroxylation is 1. The second-order valence-electron chi connectivity index (χ2n) is 7.73. The van der Waals surface area contributed by atoms with Gasteiger partial charge in [0.2, 0.25) is 0 Å². The molecule has 1 atom stereocenters. The van der Waals surface area contributed by atoms with Crippen molar-refractivity contribution in [3.05, 3.63) is 53.5 Å². The third kappa shape index (κ3) is 3.39. The molecule has 1 aromatic carbocycles. The molecule has 1 aromatic heterocycles. The van der Waals surface area contributed by atoms with Crippen molar-refractivity contribution in [3.8, 4) is 0 Å². The zero-order valence-corrected chi connectivity index (χ0v) is 16.5. The molecule has 2 aliphatic rings. The van der Waals surface area contributed by atoms with Crippen LogP contribution in [0, 0.1) is 6.92 Å². The molecule has 28 heavy (non-hydrogen) atoms. The Bertz CT molecular complexity index is 892. The van der Waals surface area contributed by atoms with Gasteiger partial charge in [-0.05, 0) is 44.4 Å². The Hall–Kier alpha value is -2.76. The van der Waals surface area contributed by atoms with Gasteiger partial charge in [0, 0.05) is 24.3 Å². The number of fused-ring (bicyclic) bond motifs is 1. The number of hydrogen-bond donors (Lipinski definition) is 0. The molecule has 1 aliphatic heterocycles. The summed E-state index contributed by atoms with van der Waals surface area (Å²) < 4.78 is 0. The summed E-state index contributed by atoms with van der Waals surface area (Å²) in [7, 11) is 0. The second-order valence-corrected chi connectivity index (χ2v) is 7.73. The van der Waals surface area contributed by atoms with Gasteiger partial charge >= 0.3 is 0 Å². The Morgan fingerprint density at radius 1 is 1.18 bits per heavy atom. The Balaban J connectivity index is 1.63. The number of benzene rings is 1. The molecule has 146 valence electrons. The molecule has 0 N–H and O–H groups in total. The van der Waals surface area contributed by atoms with Gasteiger partial charge in [0.25, 0.3) is 11.8 Å². The highest BCUT2D eigenvalue weighted by Crippen LogP contribution is 2.30. The van der Waals surface area contributed by atoms with Gasteiger partial charge in [0.15, 0.2) is 0 Å². The number of carbonyl (C=O) groups is 2. The average Bonchev–Trinajstić information content (AvgIpc) is 3.05. The molecule has 0 radical (unpaired) electrons. The van der Waals surface area contributed by atoms with Crippen LogP contribution < -0.4 is 4.90 Å². The maximum absolute atomic E-state index is 13.6. The maximum Gasteiger partial charge on any atom is 0.255 e. The molecule has 6 heteroatoms. The van der Waals surface area contributed by atoms with Crippen LogP contribution in [-0.2, 0) is 11.3 Å². The van der Waals surface area contributed by atoms with Gasteiger partial charge in [-0.3, -0.25) is 14.5 Å². The smallest absolute Gasteiger partial charge is 0.255 e. The van der Waals surface area contributed by atoms with E-state index in [9.17, 15) is 9.59 Å². The molecule has 1 unspecified atom stereocenters. The lowest BCUT2D eigenvalue weighted by molar-refractivity contribution is -0.123. The number of hydrogen-bond acceptors (Lipinski definition) is 4. The summed E-state index contributed by atoms with van der Waals surface area (Å²) in [5, 5.41) is 0. The van der Waals surface area contributed by atoms with Crippen LogP contribution in [0.4, 0.5) is 5.82 Å². The zero-order valence-electron chi connectivity index (χ0n) is 16.5. The summed E-state index contributed by atoms with van der Waals surface area (Å²) in [6, 6.07) is 8.96. The standard InChI is InChI=1S/C22H26N4O2/c1-15(25-14-17-8-6-7-11-19(17)22(25)28)21(27)26(18-9-4-3-5-10-18)20-12-13-23-16(2)24-20/h6-8,11-13,15,18H,3-5,9-10,14H2,1-2H3. The first-order chi connectivity index (χ1) is 13.6. The van der Waals surface area contributed by atoms with E-state index in [1.807, 2.05) is 43.0 Å². The Labute approximate surface area is 165 Å². The fourth-order valence-electron chi connectivity index (χ4n) is 4.32. The first kappa shape index (κ1) is 18.6. The van der Waals surface area contributed by atoms with E-state index in [1.165, 1.54) is 6.42 Å². The van der Waals surface area contributed by atoms with E-state index in [-0.39, 0.29) is 17.9 Å². The third-order valence-electron chi connectivity index (χ3n) is 5.86. The normalized spacial score (nSPS) is 18.1. The van der Waals surface area contributed by atoms with Gasteiger partial charge in [-0.25, -0.2) is 9.97 Å². The molecule has 2 heterocycles. The van der Waals surface area contributed by atoms with Gasteiger partial charge in [-0.15, -0.1) is 0 Å². The van der Waals surface area contributed by atoms with Gasteiger partial charge < -0.3 is 4.90 Å². The molecule has 1 aliphatic carbocycles. The van der Waals surface area contributed by atoms with Crippen molar-refractivity contribution >= 4 is 17.6 Å². The molecular weight excluding hydrogens is 352 g/mol. The lowest BCUT2D eigenvalue weighted by atomic mass is 9.93. The molecule has 0 saturated heterocycles. The van der Waals surface area contributed by atoms with E-state index in [2.05, 4.69) is 9.97 Å². The number of anilines is 1. The highest BCUT2D eigenvalue weighted by molar-refractivity contribution is 6.04. The molecule has 1 fully saturated rings. The number of carbonyl (C=O) groups excluding carboxylic acids is 2. The summed E-state index contributed by atoms with van der Waals surface area (Å²) in [5.74, 6) is 1.15. The van der Waals surface area contributed by atoms with E-state index >= 15 is 0 Å². The SMILES string of the molecule is Cc1nccc(N(C(=O)C(C)N2Cc3ccccc3C2=O)C2CCCCC2)n1. The van der Waals surface area contributed by atoms with E-state index in [0.29, 0.717) is 23.8 Å². The van der Waals surface area contributed by atoms with E-state index in [0.717, 1.165) is 31.2 Å². The summed E-state index contributed by atoms with van der Waals surface area (Å²) in [5.41, 5.74) is 1.68. The molecule has 0 bridgehead atoms. The molecular formula is C22H26N4O2. The van der Waals surface area contributed by atoms with Crippen LogP contribution in [0.15, 0.2) is 36.5 Å². The first-order valence-corrected chi connectivity index (χ1v) is 10.1. The fourth-order valence-corrected chi connectivity index (χ4v) is 4.32. The summed E-state index contributed by atoms with van der Waals surface area (Å²) >= 11 is 0. The quantitative estimate of drug-likeness (QED) is 0.817. The monoisotopic (exact) mass is 378 g/mol. The van der Waals surface area contributed by atoms with Crippen LogP contribution in [0.5, 0.6) is 0 Å². The predicted molar refractivity (Wildman–Crippen MR) is 107 cm³/mol. The van der Waals surface area contributed by atoms with Crippen molar-refractivity contribution in [1.29, 1.82) is 0 Å². The second kappa shape index (κ2) is 7.70. The Morgan fingerprint density at radius 2 is 1.93 bits per heavy atom. The number of aromatic nitrogens is 2. The van der Waals surface area contributed by atoms with Crippen molar-refractivity contribution in [3.63, 3.8) is 0 Å². The minimum atomic E-state index is -0.544.